The average molecular weight is 293 g/mol. The molecule has 0 aliphatic carbocycles. The van der Waals surface area contributed by atoms with Crippen molar-refractivity contribution in [2.45, 2.75) is 39.2 Å². The number of nitrogens with zero attached hydrogens (tertiary/aromatic N) is 1. The van der Waals surface area contributed by atoms with Gasteiger partial charge in [-0.05, 0) is 42.9 Å². The Bertz CT molecular complexity index is 439. The molecule has 0 aromatic heterocycles. The summed E-state index contributed by atoms with van der Waals surface area (Å²) in [5.74, 6) is 0.701. The third kappa shape index (κ3) is 5.12. The van der Waals surface area contributed by atoms with Crippen molar-refractivity contribution in [1.29, 1.82) is 0 Å². The Balaban J connectivity index is 1.60. The molecular formula is C17H24FNO2. The van der Waals surface area contributed by atoms with E-state index in [1.165, 1.54) is 12.1 Å². The van der Waals surface area contributed by atoms with Crippen molar-refractivity contribution in [3.63, 3.8) is 0 Å². The van der Waals surface area contributed by atoms with Crippen molar-refractivity contribution in [3.05, 3.63) is 35.6 Å². The minimum absolute atomic E-state index is 0.216. The first-order valence-electron chi connectivity index (χ1n) is 7.79. The van der Waals surface area contributed by atoms with Gasteiger partial charge in [0.15, 0.2) is 0 Å². The van der Waals surface area contributed by atoms with Crippen LogP contribution in [0.3, 0.4) is 0 Å². The zero-order chi connectivity index (χ0) is 15.1. The van der Waals surface area contributed by atoms with Gasteiger partial charge in [0.05, 0.1) is 6.61 Å². The van der Waals surface area contributed by atoms with Gasteiger partial charge in [-0.15, -0.1) is 0 Å². The molecule has 0 N–H and O–H groups in total. The predicted molar refractivity (Wildman–Crippen MR) is 80.3 cm³/mol. The fourth-order valence-electron chi connectivity index (χ4n) is 2.72. The van der Waals surface area contributed by atoms with E-state index in [0.29, 0.717) is 18.9 Å². The summed E-state index contributed by atoms with van der Waals surface area (Å²) in [6.07, 6.45) is 3.79. The zero-order valence-electron chi connectivity index (χ0n) is 12.7. The lowest BCUT2D eigenvalue weighted by molar-refractivity contribution is -0.132. The number of carbonyl (C=O) groups excluding carboxylic acids is 1. The second-order valence-electron chi connectivity index (χ2n) is 5.65. The Kier molecular flexibility index (Phi) is 6.18. The van der Waals surface area contributed by atoms with Crippen molar-refractivity contribution < 1.29 is 13.9 Å². The smallest absolute Gasteiger partial charge is 0.222 e. The van der Waals surface area contributed by atoms with Crippen molar-refractivity contribution in [1.82, 2.24) is 4.90 Å². The number of hydrogen-bond donors (Lipinski definition) is 0. The molecule has 0 unspecified atom stereocenters. The first-order valence-corrected chi connectivity index (χ1v) is 7.79. The lowest BCUT2D eigenvalue weighted by atomic mass is 9.94. The van der Waals surface area contributed by atoms with Crippen LogP contribution in [0, 0.1) is 11.7 Å². The van der Waals surface area contributed by atoms with Crippen molar-refractivity contribution >= 4 is 5.91 Å². The minimum Gasteiger partial charge on any atom is -0.377 e. The molecule has 0 atom stereocenters. The number of halogens is 1. The maximum absolute atomic E-state index is 12.8. The number of amides is 1. The van der Waals surface area contributed by atoms with Crippen LogP contribution in [0.25, 0.3) is 0 Å². The van der Waals surface area contributed by atoms with Gasteiger partial charge in [0, 0.05) is 26.1 Å². The van der Waals surface area contributed by atoms with E-state index < -0.39 is 0 Å². The predicted octanol–water partition coefficient (Wildman–Crippen LogP) is 3.38. The third-order valence-corrected chi connectivity index (χ3v) is 4.12. The topological polar surface area (TPSA) is 29.5 Å². The van der Waals surface area contributed by atoms with Gasteiger partial charge in [-0.25, -0.2) is 4.39 Å². The van der Waals surface area contributed by atoms with Crippen molar-refractivity contribution in [2.24, 2.45) is 5.92 Å². The summed E-state index contributed by atoms with van der Waals surface area (Å²) in [6.45, 7) is 4.94. The van der Waals surface area contributed by atoms with Gasteiger partial charge in [0.1, 0.15) is 5.82 Å². The van der Waals surface area contributed by atoms with Gasteiger partial charge in [-0.2, -0.15) is 0 Å². The molecule has 1 fully saturated rings. The average Bonchev–Trinajstić information content (AvgIpc) is 2.53. The zero-order valence-corrected chi connectivity index (χ0v) is 12.7. The van der Waals surface area contributed by atoms with E-state index in [1.54, 1.807) is 12.1 Å². The van der Waals surface area contributed by atoms with Gasteiger partial charge < -0.3 is 9.64 Å². The standard InChI is InChI=1S/C17H24FNO2/c1-2-17(20)19-10-7-14(8-11-19)9-12-21-13-15-3-5-16(18)6-4-15/h3-6,14H,2,7-13H2,1H3. The largest absolute Gasteiger partial charge is 0.377 e. The van der Waals surface area contributed by atoms with Crippen LogP contribution >= 0.6 is 0 Å². The van der Waals surface area contributed by atoms with Gasteiger partial charge in [-0.1, -0.05) is 19.1 Å². The molecule has 0 bridgehead atoms. The van der Waals surface area contributed by atoms with Gasteiger partial charge in [0.2, 0.25) is 5.91 Å². The molecular weight excluding hydrogens is 269 g/mol. The normalized spacial score (nSPS) is 16.2. The lowest BCUT2D eigenvalue weighted by Gasteiger charge is -2.31. The molecule has 1 amide bonds. The maximum Gasteiger partial charge on any atom is 0.222 e. The summed E-state index contributed by atoms with van der Waals surface area (Å²) < 4.78 is 18.4. The quantitative estimate of drug-likeness (QED) is 0.753. The summed E-state index contributed by atoms with van der Waals surface area (Å²) in [7, 11) is 0. The highest BCUT2D eigenvalue weighted by atomic mass is 19.1. The summed E-state index contributed by atoms with van der Waals surface area (Å²) in [5.41, 5.74) is 1.000. The number of hydrogen-bond acceptors (Lipinski definition) is 2. The van der Waals surface area contributed by atoms with E-state index in [0.717, 1.165) is 44.5 Å². The molecule has 116 valence electrons. The number of piperidine rings is 1. The SMILES string of the molecule is CCC(=O)N1CCC(CCOCc2ccc(F)cc2)CC1. The Hall–Kier alpha value is -1.42. The summed E-state index contributed by atoms with van der Waals surface area (Å²) in [4.78, 5) is 13.6. The number of carbonyl (C=O) groups is 1. The van der Waals surface area contributed by atoms with E-state index in [2.05, 4.69) is 0 Å². The van der Waals surface area contributed by atoms with Crippen LogP contribution in [0.1, 0.15) is 38.2 Å². The second kappa shape index (κ2) is 8.13. The molecule has 1 saturated heterocycles. The third-order valence-electron chi connectivity index (χ3n) is 4.12. The summed E-state index contributed by atoms with van der Waals surface area (Å²) >= 11 is 0. The molecule has 1 aliphatic rings. The van der Waals surface area contributed by atoms with Crippen LogP contribution in [0.4, 0.5) is 4.39 Å². The number of ether oxygens (including phenoxy) is 1. The maximum atomic E-state index is 12.8. The molecule has 4 heteroatoms. The first kappa shape index (κ1) is 16.0. The van der Waals surface area contributed by atoms with E-state index in [1.807, 2.05) is 11.8 Å². The second-order valence-corrected chi connectivity index (χ2v) is 5.65. The van der Waals surface area contributed by atoms with E-state index in [-0.39, 0.29) is 11.7 Å². The Morgan fingerprint density at radius 3 is 2.57 bits per heavy atom. The highest BCUT2D eigenvalue weighted by molar-refractivity contribution is 5.75. The van der Waals surface area contributed by atoms with Crippen LogP contribution in [-0.4, -0.2) is 30.5 Å². The Morgan fingerprint density at radius 2 is 1.95 bits per heavy atom. The summed E-state index contributed by atoms with van der Waals surface area (Å²) in [6, 6.07) is 6.42. The van der Waals surface area contributed by atoms with Gasteiger partial charge in [0.25, 0.3) is 0 Å². The van der Waals surface area contributed by atoms with Crippen molar-refractivity contribution in [2.75, 3.05) is 19.7 Å². The highest BCUT2D eigenvalue weighted by Gasteiger charge is 2.21. The first-order chi connectivity index (χ1) is 10.2. The number of benzene rings is 1. The number of rotatable bonds is 6. The van der Waals surface area contributed by atoms with Crippen LogP contribution in [0.15, 0.2) is 24.3 Å². The molecule has 0 radical (unpaired) electrons. The monoisotopic (exact) mass is 293 g/mol. The van der Waals surface area contributed by atoms with E-state index in [9.17, 15) is 9.18 Å². The molecule has 0 saturated carbocycles. The van der Waals surface area contributed by atoms with Crippen molar-refractivity contribution in [3.8, 4) is 0 Å². The number of likely N-dealkylation sites (tertiary alicyclic amines) is 1. The molecule has 0 spiro atoms. The van der Waals surface area contributed by atoms with E-state index in [4.69, 9.17) is 4.74 Å². The van der Waals surface area contributed by atoms with Crippen LogP contribution < -0.4 is 0 Å². The van der Waals surface area contributed by atoms with Crippen LogP contribution in [0.2, 0.25) is 0 Å². The molecule has 21 heavy (non-hydrogen) atoms. The fraction of sp³-hybridized carbons (Fsp3) is 0.588. The van der Waals surface area contributed by atoms with E-state index >= 15 is 0 Å². The van der Waals surface area contributed by atoms with Gasteiger partial charge >= 0.3 is 0 Å². The molecule has 2 rings (SSSR count). The van der Waals surface area contributed by atoms with Crippen LogP contribution in [-0.2, 0) is 16.1 Å². The molecule has 3 nitrogen and oxygen atoms in total. The minimum atomic E-state index is -0.216. The lowest BCUT2D eigenvalue weighted by Crippen LogP contribution is -2.38. The fourth-order valence-corrected chi connectivity index (χ4v) is 2.72. The molecule has 1 aromatic rings. The summed E-state index contributed by atoms with van der Waals surface area (Å²) in [5, 5.41) is 0. The molecule has 1 aromatic carbocycles. The molecule has 1 aliphatic heterocycles. The highest BCUT2D eigenvalue weighted by Crippen LogP contribution is 2.21. The van der Waals surface area contributed by atoms with Gasteiger partial charge in [-0.3, -0.25) is 4.79 Å². The Labute approximate surface area is 126 Å². The Morgan fingerprint density at radius 1 is 1.29 bits per heavy atom. The van der Waals surface area contributed by atoms with Crippen LogP contribution in [0.5, 0.6) is 0 Å². The molecule has 1 heterocycles.